The number of amides is 2. The van der Waals surface area contributed by atoms with Crippen molar-refractivity contribution in [2.24, 2.45) is 0 Å². The summed E-state index contributed by atoms with van der Waals surface area (Å²) >= 11 is 1.42. The second-order valence-electron chi connectivity index (χ2n) is 4.12. The first-order valence-electron chi connectivity index (χ1n) is 5.63. The number of nitrogens with one attached hydrogen (secondary N) is 1. The minimum Gasteiger partial charge on any atom is -0.428 e. The Morgan fingerprint density at radius 3 is 2.83 bits per heavy atom. The molecule has 0 aliphatic carbocycles. The number of hydrogen-bond acceptors (Lipinski definition) is 3. The molecule has 18 heavy (non-hydrogen) atoms. The van der Waals surface area contributed by atoms with Crippen LogP contribution in [0.1, 0.15) is 5.56 Å². The van der Waals surface area contributed by atoms with Crippen LogP contribution in [0.2, 0.25) is 0 Å². The Labute approximate surface area is 109 Å². The molecular formula is C12H11BN2O2S. The smallest absolute Gasteiger partial charge is 0.428 e. The molecule has 6 heteroatoms. The van der Waals surface area contributed by atoms with Gasteiger partial charge in [0.2, 0.25) is 0 Å². The largest absolute Gasteiger partial charge is 0.456 e. The summed E-state index contributed by atoms with van der Waals surface area (Å²) in [7, 11) is -0.875. The molecule has 2 amide bonds. The summed E-state index contributed by atoms with van der Waals surface area (Å²) in [5.74, 6) is 0. The van der Waals surface area contributed by atoms with Gasteiger partial charge in [0.1, 0.15) is 0 Å². The molecular weight excluding hydrogens is 247 g/mol. The fourth-order valence-electron chi connectivity index (χ4n) is 2.01. The van der Waals surface area contributed by atoms with Gasteiger partial charge >= 0.3 is 13.1 Å². The van der Waals surface area contributed by atoms with E-state index >= 15 is 0 Å². The first-order chi connectivity index (χ1) is 8.75. The lowest BCUT2D eigenvalue weighted by molar-refractivity contribution is 0.229. The van der Waals surface area contributed by atoms with Crippen molar-refractivity contribution in [1.29, 1.82) is 0 Å². The van der Waals surface area contributed by atoms with Gasteiger partial charge in [-0.15, -0.1) is 11.3 Å². The average molecular weight is 258 g/mol. The zero-order valence-corrected chi connectivity index (χ0v) is 10.4. The van der Waals surface area contributed by atoms with E-state index < -0.39 is 7.05 Å². The highest BCUT2D eigenvalue weighted by molar-refractivity contribution is 7.16. The minimum atomic E-state index is -0.875. The predicted octanol–water partition coefficient (Wildman–Crippen LogP) is 1.48. The number of rotatable bonds is 2. The van der Waals surface area contributed by atoms with Gasteiger partial charge in [-0.1, -0.05) is 36.4 Å². The summed E-state index contributed by atoms with van der Waals surface area (Å²) in [6.45, 7) is 0.392. The summed E-state index contributed by atoms with van der Waals surface area (Å²) in [5, 5.41) is 15.6. The van der Waals surface area contributed by atoms with E-state index in [9.17, 15) is 9.82 Å². The summed E-state index contributed by atoms with van der Waals surface area (Å²) in [6, 6.07) is 11.2. The molecule has 2 heterocycles. The van der Waals surface area contributed by atoms with Crippen LogP contribution in [0.5, 0.6) is 0 Å². The summed E-state index contributed by atoms with van der Waals surface area (Å²) in [6.07, 6.45) is 0. The van der Waals surface area contributed by atoms with Crippen LogP contribution >= 0.6 is 11.3 Å². The maximum Gasteiger partial charge on any atom is 0.456 e. The fraction of sp³-hybridized carbons (Fsp3) is 0.0833. The van der Waals surface area contributed by atoms with Crippen molar-refractivity contribution in [3.05, 3.63) is 47.3 Å². The number of carbonyl (C=O) groups excluding carboxylic acids is 1. The van der Waals surface area contributed by atoms with Crippen molar-refractivity contribution in [2.75, 3.05) is 5.32 Å². The highest BCUT2D eigenvalue weighted by Crippen LogP contribution is 2.21. The van der Waals surface area contributed by atoms with E-state index in [4.69, 9.17) is 0 Å². The van der Waals surface area contributed by atoms with E-state index in [1.165, 1.54) is 16.1 Å². The van der Waals surface area contributed by atoms with Crippen LogP contribution in [0.25, 0.3) is 0 Å². The molecule has 4 nitrogen and oxygen atoms in total. The summed E-state index contributed by atoms with van der Waals surface area (Å²) in [5.41, 5.74) is 1.75. The van der Waals surface area contributed by atoms with E-state index in [1.807, 2.05) is 41.8 Å². The third-order valence-electron chi connectivity index (χ3n) is 2.95. The minimum absolute atomic E-state index is 0.263. The Morgan fingerprint density at radius 2 is 2.06 bits per heavy atom. The second kappa shape index (κ2) is 4.47. The maximum absolute atomic E-state index is 11.9. The molecule has 0 saturated carbocycles. The van der Waals surface area contributed by atoms with Gasteiger partial charge in [-0.25, -0.2) is 4.79 Å². The van der Waals surface area contributed by atoms with Gasteiger partial charge in [-0.3, -0.25) is 0 Å². The number of urea groups is 1. The molecule has 2 N–H and O–H groups in total. The number of anilines is 1. The van der Waals surface area contributed by atoms with Gasteiger partial charge in [-0.05, 0) is 10.9 Å². The van der Waals surface area contributed by atoms with Crippen molar-refractivity contribution in [2.45, 2.75) is 6.54 Å². The molecule has 1 aliphatic rings. The number of fused-ring (bicyclic) bond motifs is 1. The highest BCUT2D eigenvalue weighted by atomic mass is 32.1. The standard InChI is InChI=1S/C12H11BN2O2S/c16-12-14-11-10(6-7-18-11)13(17)15(12)8-9-4-2-1-3-5-9/h1-7,17H,8H2,(H,14,16). The fourth-order valence-corrected chi connectivity index (χ4v) is 2.82. The Balaban J connectivity index is 1.87. The lowest BCUT2D eigenvalue weighted by atomic mass is 9.71. The van der Waals surface area contributed by atoms with Gasteiger partial charge in [0.15, 0.2) is 0 Å². The highest BCUT2D eigenvalue weighted by Gasteiger charge is 2.36. The number of thiophene rings is 1. The van der Waals surface area contributed by atoms with Crippen molar-refractivity contribution < 1.29 is 9.82 Å². The van der Waals surface area contributed by atoms with E-state index in [0.717, 1.165) is 16.0 Å². The maximum atomic E-state index is 11.9. The summed E-state index contributed by atoms with van der Waals surface area (Å²) < 4.78 is 0. The van der Waals surface area contributed by atoms with Gasteiger partial charge in [-0.2, -0.15) is 0 Å². The Hall–Kier alpha value is -1.79. The van der Waals surface area contributed by atoms with Gasteiger partial charge < -0.3 is 15.2 Å². The molecule has 1 aliphatic heterocycles. The van der Waals surface area contributed by atoms with Gasteiger partial charge in [0.05, 0.1) is 5.00 Å². The van der Waals surface area contributed by atoms with E-state index in [0.29, 0.717) is 6.54 Å². The van der Waals surface area contributed by atoms with Crippen LogP contribution in [-0.4, -0.2) is 22.9 Å². The van der Waals surface area contributed by atoms with E-state index in [2.05, 4.69) is 5.32 Å². The monoisotopic (exact) mass is 258 g/mol. The van der Waals surface area contributed by atoms with Crippen LogP contribution in [0.4, 0.5) is 9.80 Å². The molecule has 90 valence electrons. The molecule has 1 aromatic carbocycles. The molecule has 0 spiro atoms. The number of benzene rings is 1. The number of carbonyl (C=O) groups is 1. The second-order valence-corrected chi connectivity index (χ2v) is 5.04. The zero-order valence-electron chi connectivity index (χ0n) is 9.54. The molecule has 3 rings (SSSR count). The first kappa shape index (κ1) is 11.3. The zero-order chi connectivity index (χ0) is 12.5. The van der Waals surface area contributed by atoms with Gasteiger partial charge in [0, 0.05) is 12.0 Å². The first-order valence-corrected chi connectivity index (χ1v) is 6.50. The van der Waals surface area contributed by atoms with Crippen LogP contribution in [0.15, 0.2) is 41.8 Å². The molecule has 0 atom stereocenters. The topological polar surface area (TPSA) is 52.6 Å². The van der Waals surface area contributed by atoms with Crippen molar-refractivity contribution in [3.8, 4) is 0 Å². The molecule has 0 radical (unpaired) electrons. The molecule has 1 aromatic heterocycles. The van der Waals surface area contributed by atoms with Crippen LogP contribution in [-0.2, 0) is 6.54 Å². The predicted molar refractivity (Wildman–Crippen MR) is 72.9 cm³/mol. The van der Waals surface area contributed by atoms with Gasteiger partial charge in [0.25, 0.3) is 0 Å². The Kier molecular flexibility index (Phi) is 2.81. The lowest BCUT2D eigenvalue weighted by Crippen LogP contribution is -2.56. The molecule has 0 saturated heterocycles. The lowest BCUT2D eigenvalue weighted by Gasteiger charge is -2.30. The van der Waals surface area contributed by atoms with Crippen LogP contribution < -0.4 is 10.8 Å². The molecule has 0 unspecified atom stereocenters. The Morgan fingerprint density at radius 1 is 1.28 bits per heavy atom. The van der Waals surface area contributed by atoms with Crippen molar-refractivity contribution in [3.63, 3.8) is 0 Å². The van der Waals surface area contributed by atoms with Crippen LogP contribution in [0, 0.1) is 0 Å². The quantitative estimate of drug-likeness (QED) is 0.802. The van der Waals surface area contributed by atoms with E-state index in [-0.39, 0.29) is 6.03 Å². The normalized spacial score (nSPS) is 14.4. The third kappa shape index (κ3) is 1.89. The molecule has 0 bridgehead atoms. The number of nitrogens with zero attached hydrogens (tertiary/aromatic N) is 1. The molecule has 0 fully saturated rings. The van der Waals surface area contributed by atoms with Crippen LogP contribution in [0.3, 0.4) is 0 Å². The third-order valence-corrected chi connectivity index (χ3v) is 3.79. The van der Waals surface area contributed by atoms with Crippen molar-refractivity contribution in [1.82, 2.24) is 4.81 Å². The van der Waals surface area contributed by atoms with E-state index in [1.54, 1.807) is 0 Å². The average Bonchev–Trinajstić information content (AvgIpc) is 2.84. The SMILES string of the molecule is O=C1Nc2sccc2B(O)N1Cc1ccccc1. The number of hydrogen-bond donors (Lipinski definition) is 2. The molecule has 2 aromatic rings. The Bertz CT molecular complexity index is 572. The van der Waals surface area contributed by atoms with Crippen molar-refractivity contribution >= 4 is 34.9 Å². The summed E-state index contributed by atoms with van der Waals surface area (Å²) in [4.78, 5) is 13.4.